The molecular weight excluding hydrogens is 381 g/mol. The van der Waals surface area contributed by atoms with Gasteiger partial charge in [-0.25, -0.2) is 4.98 Å². The van der Waals surface area contributed by atoms with Gasteiger partial charge in [-0.2, -0.15) is 13.2 Å². The van der Waals surface area contributed by atoms with Crippen molar-refractivity contribution in [1.29, 1.82) is 0 Å². The second-order valence-corrected chi connectivity index (χ2v) is 6.81. The molecule has 0 aliphatic rings. The van der Waals surface area contributed by atoms with Crippen LogP contribution in [-0.2, 0) is 12.8 Å². The predicted molar refractivity (Wildman–Crippen MR) is 92.4 cm³/mol. The Bertz CT molecular complexity index is 922. The molecule has 27 heavy (non-hydrogen) atoms. The third-order valence-corrected chi connectivity index (χ3v) is 4.87. The normalized spacial score (nSPS) is 11.6. The van der Waals surface area contributed by atoms with Gasteiger partial charge in [0.2, 0.25) is 0 Å². The highest BCUT2D eigenvalue weighted by molar-refractivity contribution is 7.13. The summed E-state index contributed by atoms with van der Waals surface area (Å²) >= 11 is 1.08. The maximum atomic E-state index is 12.2. The van der Waals surface area contributed by atoms with E-state index in [2.05, 4.69) is 15.1 Å². The number of carbonyl (C=O) groups excluding carboxylic acids is 1. The van der Waals surface area contributed by atoms with E-state index in [0.717, 1.165) is 16.9 Å². The average molecular weight is 396 g/mol. The van der Waals surface area contributed by atoms with Crippen LogP contribution >= 0.6 is 11.3 Å². The number of nitrogens with zero attached hydrogens (tertiary/aromatic N) is 3. The third kappa shape index (κ3) is 4.91. The Morgan fingerprint density at radius 2 is 2.11 bits per heavy atom. The van der Waals surface area contributed by atoms with Crippen LogP contribution in [-0.4, -0.2) is 33.8 Å². The van der Waals surface area contributed by atoms with Crippen LogP contribution in [0.25, 0.3) is 11.4 Å². The van der Waals surface area contributed by atoms with E-state index in [1.54, 1.807) is 19.2 Å². The Labute approximate surface area is 156 Å². The number of alkyl halides is 3. The van der Waals surface area contributed by atoms with Gasteiger partial charge in [-0.15, -0.1) is 11.3 Å². The molecule has 0 unspecified atom stereocenters. The summed E-state index contributed by atoms with van der Waals surface area (Å²) in [6, 6.07) is 5.46. The van der Waals surface area contributed by atoms with Gasteiger partial charge in [-0.3, -0.25) is 9.78 Å². The minimum absolute atomic E-state index is 0.185. The summed E-state index contributed by atoms with van der Waals surface area (Å²) in [6.07, 6.45) is -0.219. The van der Waals surface area contributed by atoms with Crippen LogP contribution in [0.4, 0.5) is 13.2 Å². The molecule has 10 heteroatoms. The molecule has 0 aliphatic heterocycles. The summed E-state index contributed by atoms with van der Waals surface area (Å²) in [4.78, 5) is 20.6. The lowest BCUT2D eigenvalue weighted by molar-refractivity contribution is -0.123. The number of rotatable bonds is 6. The van der Waals surface area contributed by atoms with Crippen molar-refractivity contribution < 1.29 is 22.5 Å². The first-order chi connectivity index (χ1) is 12.8. The van der Waals surface area contributed by atoms with Crippen molar-refractivity contribution in [1.82, 2.24) is 20.4 Å². The highest BCUT2D eigenvalue weighted by Crippen LogP contribution is 2.24. The molecular formula is C17H15F3N4O2S. The summed E-state index contributed by atoms with van der Waals surface area (Å²) < 4.78 is 41.8. The second-order valence-electron chi connectivity index (χ2n) is 5.72. The van der Waals surface area contributed by atoms with Crippen molar-refractivity contribution in [2.75, 3.05) is 6.54 Å². The van der Waals surface area contributed by atoms with E-state index in [1.807, 2.05) is 17.4 Å². The number of nitrogens with one attached hydrogen (secondary N) is 1. The van der Waals surface area contributed by atoms with E-state index in [-0.39, 0.29) is 4.88 Å². The largest absolute Gasteiger partial charge is 0.405 e. The molecule has 0 spiro atoms. The monoisotopic (exact) mass is 396 g/mol. The Morgan fingerprint density at radius 1 is 1.30 bits per heavy atom. The maximum Gasteiger partial charge on any atom is 0.405 e. The zero-order valence-electron chi connectivity index (χ0n) is 14.2. The first kappa shape index (κ1) is 19.0. The number of pyridine rings is 1. The van der Waals surface area contributed by atoms with Gasteiger partial charge in [0.1, 0.15) is 23.4 Å². The number of hydrogen-bond acceptors (Lipinski definition) is 6. The van der Waals surface area contributed by atoms with Gasteiger partial charge < -0.3 is 9.84 Å². The first-order valence-electron chi connectivity index (χ1n) is 7.99. The molecule has 1 N–H and O–H groups in total. The van der Waals surface area contributed by atoms with Gasteiger partial charge in [0.15, 0.2) is 0 Å². The van der Waals surface area contributed by atoms with Crippen molar-refractivity contribution in [2.45, 2.75) is 25.9 Å². The molecule has 0 fully saturated rings. The quantitative estimate of drug-likeness (QED) is 0.689. The maximum absolute atomic E-state index is 12.2. The van der Waals surface area contributed by atoms with E-state index in [1.165, 1.54) is 6.26 Å². The van der Waals surface area contributed by atoms with E-state index >= 15 is 0 Å². The van der Waals surface area contributed by atoms with E-state index in [0.29, 0.717) is 34.9 Å². The molecule has 3 aromatic rings. The number of aromatic nitrogens is 3. The predicted octanol–water partition coefficient (Wildman–Crippen LogP) is 3.58. The number of thiazole rings is 1. The highest BCUT2D eigenvalue weighted by Gasteiger charge is 2.28. The summed E-state index contributed by atoms with van der Waals surface area (Å²) in [7, 11) is 0. The van der Waals surface area contributed by atoms with Crippen LogP contribution in [0.15, 0.2) is 35.2 Å². The number of hydrogen-bond donors (Lipinski definition) is 1. The molecule has 6 nitrogen and oxygen atoms in total. The number of aryl methyl sites for hydroxylation is 3. The van der Waals surface area contributed by atoms with Crippen molar-refractivity contribution in [3.63, 3.8) is 0 Å². The first-order valence-corrected chi connectivity index (χ1v) is 8.81. The number of amides is 1. The summed E-state index contributed by atoms with van der Waals surface area (Å²) in [5, 5.41) is 6.49. The molecule has 0 saturated heterocycles. The van der Waals surface area contributed by atoms with E-state index < -0.39 is 18.6 Å². The topological polar surface area (TPSA) is 80.9 Å². The Morgan fingerprint density at radius 3 is 2.81 bits per heavy atom. The average Bonchev–Trinajstić information content (AvgIpc) is 3.24. The fourth-order valence-electron chi connectivity index (χ4n) is 2.42. The highest BCUT2D eigenvalue weighted by atomic mass is 32.1. The minimum atomic E-state index is -4.45. The molecule has 0 atom stereocenters. The molecule has 142 valence electrons. The van der Waals surface area contributed by atoms with E-state index in [9.17, 15) is 18.0 Å². The van der Waals surface area contributed by atoms with Crippen LogP contribution in [0.3, 0.4) is 0 Å². The van der Waals surface area contributed by atoms with Crippen molar-refractivity contribution in [2.24, 2.45) is 0 Å². The third-order valence-electron chi connectivity index (χ3n) is 3.66. The molecule has 1 amide bonds. The van der Waals surface area contributed by atoms with Crippen LogP contribution in [0, 0.1) is 6.92 Å². The molecule has 3 rings (SSSR count). The number of halogens is 3. The molecule has 3 aromatic heterocycles. The summed E-state index contributed by atoms with van der Waals surface area (Å²) in [5.74, 6) is -0.771. The SMILES string of the molecule is Cc1nc(CCc2conc2-c2ccccn2)sc1C(=O)NCC(F)(F)F. The molecule has 3 heterocycles. The van der Waals surface area contributed by atoms with Gasteiger partial charge in [-0.1, -0.05) is 11.2 Å². The summed E-state index contributed by atoms with van der Waals surface area (Å²) in [5.41, 5.74) is 2.56. The van der Waals surface area contributed by atoms with Gasteiger partial charge in [0.25, 0.3) is 5.91 Å². The molecule has 0 aromatic carbocycles. The van der Waals surface area contributed by atoms with Crippen LogP contribution in [0.5, 0.6) is 0 Å². The Hall–Kier alpha value is -2.75. The van der Waals surface area contributed by atoms with Crippen molar-refractivity contribution in [3.05, 3.63) is 51.8 Å². The van der Waals surface area contributed by atoms with Crippen molar-refractivity contribution in [3.8, 4) is 11.4 Å². The zero-order valence-corrected chi connectivity index (χ0v) is 15.0. The lowest BCUT2D eigenvalue weighted by Gasteiger charge is -2.07. The van der Waals surface area contributed by atoms with Crippen molar-refractivity contribution >= 4 is 17.2 Å². The van der Waals surface area contributed by atoms with Gasteiger partial charge in [0.05, 0.1) is 16.4 Å². The lowest BCUT2D eigenvalue weighted by atomic mass is 10.1. The fourth-order valence-corrected chi connectivity index (χ4v) is 3.40. The van der Waals surface area contributed by atoms with Crippen LogP contribution in [0.1, 0.15) is 25.9 Å². The number of carbonyl (C=O) groups is 1. The lowest BCUT2D eigenvalue weighted by Crippen LogP contribution is -2.33. The standard InChI is InChI=1S/C17H15F3N4O2S/c1-10-15(16(25)22-9-17(18,19)20)27-13(23-10)6-5-11-8-26-24-14(11)12-4-2-3-7-21-12/h2-4,7-8H,5-6,9H2,1H3,(H,22,25). The Balaban J connectivity index is 1.67. The minimum Gasteiger partial charge on any atom is -0.364 e. The van der Waals surface area contributed by atoms with Crippen LogP contribution in [0.2, 0.25) is 0 Å². The van der Waals surface area contributed by atoms with Gasteiger partial charge >= 0.3 is 6.18 Å². The van der Waals surface area contributed by atoms with Gasteiger partial charge in [0, 0.05) is 18.2 Å². The molecule has 0 bridgehead atoms. The summed E-state index contributed by atoms with van der Waals surface area (Å²) in [6.45, 7) is 0.230. The van der Waals surface area contributed by atoms with E-state index in [4.69, 9.17) is 4.52 Å². The van der Waals surface area contributed by atoms with Crippen LogP contribution < -0.4 is 5.32 Å². The zero-order chi connectivity index (χ0) is 19.4. The molecule has 0 aliphatic carbocycles. The smallest absolute Gasteiger partial charge is 0.364 e. The van der Waals surface area contributed by atoms with Gasteiger partial charge in [-0.05, 0) is 25.5 Å². The molecule has 0 saturated carbocycles. The fraction of sp³-hybridized carbons (Fsp3) is 0.294. The molecule has 0 radical (unpaired) electrons. The second kappa shape index (κ2) is 7.87. The Kier molecular flexibility index (Phi) is 5.54.